The predicted molar refractivity (Wildman–Crippen MR) is 270 cm³/mol. The Morgan fingerprint density at radius 2 is 1.08 bits per heavy atom. The van der Waals surface area contributed by atoms with Crippen molar-refractivity contribution >= 4 is 139 Å². The minimum Gasteiger partial charge on any atom is -0.494 e. The molecule has 1 heterocycles. The maximum atomic E-state index is 8.95. The molecule has 0 unspecified atom stereocenters. The highest BCUT2D eigenvalue weighted by molar-refractivity contribution is 7.09. The van der Waals surface area contributed by atoms with Crippen LogP contribution in [0.2, 0.25) is 20.1 Å². The molecule has 0 aliphatic rings. The molecule has 0 amide bonds. The Balaban J connectivity index is 0.000000392. The molecule has 0 bridgehead atoms. The van der Waals surface area contributed by atoms with Crippen LogP contribution >= 0.6 is 57.7 Å². The van der Waals surface area contributed by atoms with Gasteiger partial charge in [0.25, 0.3) is 0 Å². The van der Waals surface area contributed by atoms with Crippen LogP contribution in [-0.4, -0.2) is 110 Å². The van der Waals surface area contributed by atoms with Gasteiger partial charge in [-0.3, -0.25) is 0 Å². The van der Waals surface area contributed by atoms with Gasteiger partial charge in [0.05, 0.1) is 11.6 Å². The Labute approximate surface area is 404 Å². The van der Waals surface area contributed by atoms with E-state index < -0.39 is 42.7 Å². The highest BCUT2D eigenvalue weighted by Crippen LogP contribution is 2.17. The Morgan fingerprint density at radius 1 is 0.538 bits per heavy atom. The summed E-state index contributed by atoms with van der Waals surface area (Å²) < 4.78 is 5.17. The van der Waals surface area contributed by atoms with Crippen molar-refractivity contribution < 1.29 is 65.0 Å². The van der Waals surface area contributed by atoms with Crippen molar-refractivity contribution in [1.29, 1.82) is 0 Å². The average molecular weight is 991 g/mol. The van der Waals surface area contributed by atoms with Gasteiger partial charge in [0.1, 0.15) is 5.75 Å². The summed E-state index contributed by atoms with van der Waals surface area (Å²) in [6, 6.07) is 29.8. The van der Waals surface area contributed by atoms with E-state index in [9.17, 15) is 0 Å². The third-order valence-electron chi connectivity index (χ3n) is 8.29. The molecule has 0 spiro atoms. The first kappa shape index (κ1) is 59.5. The number of thiophene rings is 1. The van der Waals surface area contributed by atoms with E-state index in [2.05, 4.69) is 13.8 Å². The number of nitrogens with two attached hydrogens (primary N) is 1. The van der Waals surface area contributed by atoms with Gasteiger partial charge in [-0.1, -0.05) is 133 Å². The number of hydrogen-bond acceptors (Lipinski definition) is 15. The maximum absolute atomic E-state index is 8.95. The lowest BCUT2D eigenvalue weighted by Gasteiger charge is -2.09. The number of nitrogen functional groups attached to an aromatic ring is 1. The van der Waals surface area contributed by atoms with Crippen LogP contribution in [0, 0.1) is 6.92 Å². The first-order valence-electron chi connectivity index (χ1n) is 19.3. The first-order chi connectivity index (χ1) is 30.5. The second-order valence-electron chi connectivity index (χ2n) is 13.5. The van der Waals surface area contributed by atoms with Gasteiger partial charge in [-0.05, 0) is 100 Å². The third-order valence-corrected chi connectivity index (χ3v) is 10.2. The Bertz CT molecular complexity index is 2250. The lowest BCUT2D eigenvalue weighted by atomic mass is 9.77. The van der Waals surface area contributed by atoms with Gasteiger partial charge in [0, 0.05) is 31.7 Å². The molecule has 6 aromatic rings. The molecule has 14 N–H and O–H groups in total. The maximum Gasteiger partial charge on any atom is 0.492 e. The summed E-state index contributed by atoms with van der Waals surface area (Å²) in [6.45, 7) is 8.26. The molecule has 344 valence electrons. The Kier molecular flexibility index (Phi) is 28.8. The number of hydrogen-bond donors (Lipinski definition) is 13. The smallest absolute Gasteiger partial charge is 0.492 e. The first-order valence-corrected chi connectivity index (χ1v) is 21.7. The van der Waals surface area contributed by atoms with Gasteiger partial charge < -0.3 is 70.8 Å². The largest absolute Gasteiger partial charge is 0.494 e. The molecule has 0 radical (unpaired) electrons. The normalized spacial score (nSPS) is 9.80. The van der Waals surface area contributed by atoms with E-state index in [4.69, 9.17) is 117 Å². The van der Waals surface area contributed by atoms with Crippen molar-refractivity contribution in [3.8, 4) is 5.75 Å². The summed E-state index contributed by atoms with van der Waals surface area (Å²) in [6.07, 6.45) is 0. The van der Waals surface area contributed by atoms with Crippen LogP contribution in [0.5, 0.6) is 5.75 Å². The lowest BCUT2D eigenvalue weighted by Crippen LogP contribution is -2.31. The summed E-state index contributed by atoms with van der Waals surface area (Å²) in [5, 5.41) is 110. The van der Waals surface area contributed by atoms with E-state index in [-0.39, 0.29) is 5.46 Å². The fourth-order valence-corrected chi connectivity index (χ4v) is 6.16. The summed E-state index contributed by atoms with van der Waals surface area (Å²) >= 11 is 24.0. The number of aryl methyl sites for hydroxylation is 1. The van der Waals surface area contributed by atoms with Crippen molar-refractivity contribution in [1.82, 2.24) is 0 Å². The van der Waals surface area contributed by atoms with Crippen LogP contribution in [0.3, 0.4) is 0 Å². The van der Waals surface area contributed by atoms with E-state index in [1.165, 1.54) is 47.7 Å². The van der Waals surface area contributed by atoms with E-state index in [0.717, 1.165) is 11.1 Å². The van der Waals surface area contributed by atoms with Crippen LogP contribution in [-0.2, 0) is 0 Å². The van der Waals surface area contributed by atoms with E-state index in [1.807, 2.05) is 44.2 Å². The van der Waals surface area contributed by atoms with Crippen molar-refractivity contribution in [3.05, 3.63) is 151 Å². The van der Waals surface area contributed by atoms with Crippen molar-refractivity contribution in [3.63, 3.8) is 0 Å². The fourth-order valence-electron chi connectivity index (χ4n) is 4.81. The number of ether oxygens (including phenoxy) is 1. The van der Waals surface area contributed by atoms with Gasteiger partial charge in [-0.15, -0.1) is 0 Å². The molecule has 65 heavy (non-hydrogen) atoms. The van der Waals surface area contributed by atoms with Crippen molar-refractivity contribution in [2.75, 3.05) is 12.3 Å². The van der Waals surface area contributed by atoms with Crippen LogP contribution in [0.1, 0.15) is 37.8 Å². The second-order valence-corrected chi connectivity index (χ2v) is 16.0. The summed E-state index contributed by atoms with van der Waals surface area (Å²) in [5.74, 6) is 0.828. The summed E-state index contributed by atoms with van der Waals surface area (Å²) in [5.41, 5.74) is 10.4. The minimum absolute atomic E-state index is 0.221. The molecule has 0 saturated heterocycles. The zero-order chi connectivity index (χ0) is 49.4. The van der Waals surface area contributed by atoms with Gasteiger partial charge in [-0.25, -0.2) is 0 Å². The quantitative estimate of drug-likeness (QED) is 0.0686. The molecule has 5 aromatic carbocycles. The van der Waals surface area contributed by atoms with E-state index >= 15 is 0 Å². The van der Waals surface area contributed by atoms with Gasteiger partial charge in [0.2, 0.25) is 0 Å². The SMILES string of the molecule is CC(C)c1cccc(B(O)O)c1.CCOc1cc(Cl)ccc1B(O)O.Cc1ccccc1B(O)O.Nc1cc(B(O)O)ccc1Cl.OB(O)c1cc(Cl)ccc1Cl.OB(O)c1ccsc1. The van der Waals surface area contributed by atoms with Crippen molar-refractivity contribution in [2.24, 2.45) is 0 Å². The molecular weight excluding hydrogens is 941 g/mol. The Hall–Kier alpha value is -3.53. The summed E-state index contributed by atoms with van der Waals surface area (Å²) in [7, 11) is -8.60. The number of rotatable bonds is 9. The highest BCUT2D eigenvalue weighted by Gasteiger charge is 2.18. The Morgan fingerprint density at radius 3 is 1.52 bits per heavy atom. The zero-order valence-corrected chi connectivity index (χ0v) is 39.4. The summed E-state index contributed by atoms with van der Waals surface area (Å²) in [4.78, 5) is 0. The third kappa shape index (κ3) is 23.2. The molecule has 0 saturated carbocycles. The topological polar surface area (TPSA) is 278 Å². The van der Waals surface area contributed by atoms with Gasteiger partial charge in [-0.2, -0.15) is 11.3 Å². The minimum atomic E-state index is -1.57. The molecule has 14 nitrogen and oxygen atoms in total. The molecule has 1 aromatic heterocycles. The van der Waals surface area contributed by atoms with Crippen LogP contribution in [0.25, 0.3) is 0 Å². The molecule has 0 aliphatic heterocycles. The number of benzene rings is 5. The van der Waals surface area contributed by atoms with Crippen LogP contribution < -0.4 is 43.2 Å². The fraction of sp³-hybridized carbons (Fsp3) is 0.150. The van der Waals surface area contributed by atoms with Crippen LogP contribution in [0.4, 0.5) is 5.69 Å². The molecule has 0 atom stereocenters. The van der Waals surface area contributed by atoms with E-state index in [1.54, 1.807) is 53.2 Å². The lowest BCUT2D eigenvalue weighted by molar-refractivity contribution is 0.340. The molecule has 0 fully saturated rings. The predicted octanol–water partition coefficient (Wildman–Crippen LogP) is 0.286. The zero-order valence-electron chi connectivity index (χ0n) is 35.6. The van der Waals surface area contributed by atoms with Gasteiger partial charge in [0.15, 0.2) is 0 Å². The molecule has 0 aliphatic carbocycles. The van der Waals surface area contributed by atoms with Crippen LogP contribution in [0.15, 0.2) is 120 Å². The second kappa shape index (κ2) is 31.4. The average Bonchev–Trinajstić information content (AvgIpc) is 3.80. The number of anilines is 1. The van der Waals surface area contributed by atoms with Crippen molar-refractivity contribution in [2.45, 2.75) is 33.6 Å². The number of halogens is 4. The highest BCUT2D eigenvalue weighted by atomic mass is 35.5. The molecular formula is C40H49B6Cl4NO13S. The van der Waals surface area contributed by atoms with Gasteiger partial charge >= 0.3 is 42.7 Å². The standard InChI is InChI=1S/C9H13BO2.C8H10BClO3.C7H9BO2.C6H5BCl2O2.C6H7BClNO2.C4H5BO2S/c1-7(2)8-4-3-5-9(6-8)10(11)12;1-2-13-8-5-6(10)3-4-7(8)9(11)12;1-6-4-2-3-5-7(6)8(9)10;8-4-1-2-6(9)5(3-4)7(10)11;8-5-2-1-4(7(10)11)3-6(5)9;6-5(7)4-1-2-8-3-4/h3-7,11-12H,1-2H3;3-5,11-12H,2H2,1H3;2-5,9-10H,1H3;1-3,10-11H;1-3,10-11H,9H2;1-3,6-7H. The molecule has 6 rings (SSSR count). The van der Waals surface area contributed by atoms with E-state index in [0.29, 0.717) is 71.4 Å². The molecule has 25 heteroatoms. The monoisotopic (exact) mass is 989 g/mol.